The number of ether oxygens (including phenoxy) is 2. The number of likely N-dealkylation sites (tertiary alicyclic amines) is 1. The third-order valence-corrected chi connectivity index (χ3v) is 3.23. The number of rotatable bonds is 5. The molecule has 16 heavy (non-hydrogen) atoms. The lowest BCUT2D eigenvalue weighted by molar-refractivity contribution is -0.149. The van der Waals surface area contributed by atoms with Crippen LogP contribution in [-0.2, 0) is 14.3 Å². The van der Waals surface area contributed by atoms with E-state index in [2.05, 4.69) is 0 Å². The van der Waals surface area contributed by atoms with E-state index in [1.54, 1.807) is 7.11 Å². The van der Waals surface area contributed by atoms with E-state index in [0.717, 1.165) is 19.4 Å². The number of methoxy groups -OCH3 is 2. The van der Waals surface area contributed by atoms with Gasteiger partial charge in [-0.05, 0) is 26.3 Å². The van der Waals surface area contributed by atoms with Gasteiger partial charge in [-0.1, -0.05) is 0 Å². The molecule has 1 aliphatic rings. The smallest absolute Gasteiger partial charge is 0.323 e. The van der Waals surface area contributed by atoms with Crippen molar-refractivity contribution in [3.8, 4) is 0 Å². The summed E-state index contributed by atoms with van der Waals surface area (Å²) in [4.78, 5) is 13.1. The molecule has 0 aromatic carbocycles. The number of piperidine rings is 1. The van der Waals surface area contributed by atoms with Gasteiger partial charge in [0.05, 0.1) is 12.2 Å². The normalized spacial score (nSPS) is 28.9. The summed E-state index contributed by atoms with van der Waals surface area (Å²) in [6.45, 7) is 3.67. The molecule has 0 amide bonds. The van der Waals surface area contributed by atoms with Crippen LogP contribution < -0.4 is 0 Å². The molecule has 0 aromatic rings. The minimum Gasteiger partial charge on any atom is -0.480 e. The Morgan fingerprint density at radius 3 is 2.75 bits per heavy atom. The summed E-state index contributed by atoms with van der Waals surface area (Å²) < 4.78 is 10.4. The topological polar surface area (TPSA) is 59.0 Å². The highest BCUT2D eigenvalue weighted by Crippen LogP contribution is 2.25. The van der Waals surface area contributed by atoms with Gasteiger partial charge >= 0.3 is 5.97 Å². The zero-order chi connectivity index (χ0) is 12.2. The summed E-state index contributed by atoms with van der Waals surface area (Å²) in [5.74, 6) is -0.831. The quantitative estimate of drug-likeness (QED) is 0.750. The van der Waals surface area contributed by atoms with Crippen LogP contribution in [0.15, 0.2) is 0 Å². The van der Waals surface area contributed by atoms with Gasteiger partial charge in [-0.3, -0.25) is 9.69 Å². The van der Waals surface area contributed by atoms with Crippen LogP contribution >= 0.6 is 0 Å². The second-order valence-corrected chi connectivity index (χ2v) is 4.54. The minimum absolute atomic E-state index is 0.217. The van der Waals surface area contributed by atoms with Crippen molar-refractivity contribution in [2.45, 2.75) is 31.4 Å². The summed E-state index contributed by atoms with van der Waals surface area (Å²) >= 11 is 0. The Morgan fingerprint density at radius 1 is 1.56 bits per heavy atom. The van der Waals surface area contributed by atoms with Crippen LogP contribution in [0.3, 0.4) is 0 Å². The third-order valence-electron chi connectivity index (χ3n) is 3.23. The van der Waals surface area contributed by atoms with Crippen LogP contribution in [0.1, 0.15) is 19.8 Å². The van der Waals surface area contributed by atoms with E-state index in [0.29, 0.717) is 6.54 Å². The maximum Gasteiger partial charge on any atom is 0.323 e. The van der Waals surface area contributed by atoms with E-state index >= 15 is 0 Å². The number of hydrogen-bond donors (Lipinski definition) is 1. The average Bonchev–Trinajstić information content (AvgIpc) is 2.25. The van der Waals surface area contributed by atoms with Crippen LogP contribution in [0.2, 0.25) is 0 Å². The molecule has 5 heteroatoms. The van der Waals surface area contributed by atoms with Crippen LogP contribution in [0.5, 0.6) is 0 Å². The van der Waals surface area contributed by atoms with Crippen LogP contribution in [0.4, 0.5) is 0 Å². The molecule has 2 atom stereocenters. The first-order chi connectivity index (χ1) is 7.52. The van der Waals surface area contributed by atoms with E-state index in [4.69, 9.17) is 14.6 Å². The van der Waals surface area contributed by atoms with E-state index in [-0.39, 0.29) is 12.2 Å². The van der Waals surface area contributed by atoms with Gasteiger partial charge in [0.1, 0.15) is 6.04 Å². The molecule has 0 bridgehead atoms. The lowest BCUT2D eigenvalue weighted by Gasteiger charge is -2.41. The first-order valence-corrected chi connectivity index (χ1v) is 5.53. The number of nitrogens with zero attached hydrogens (tertiary/aromatic N) is 1. The Labute approximate surface area is 96.3 Å². The van der Waals surface area contributed by atoms with Crippen molar-refractivity contribution in [2.24, 2.45) is 0 Å². The molecule has 1 N–H and O–H groups in total. The summed E-state index contributed by atoms with van der Waals surface area (Å²) in [7, 11) is 3.20. The minimum atomic E-state index is -0.831. The molecule has 0 radical (unpaired) electrons. The number of carboxylic acids is 1. The van der Waals surface area contributed by atoms with E-state index in [1.807, 2.05) is 11.8 Å². The van der Waals surface area contributed by atoms with Gasteiger partial charge in [-0.25, -0.2) is 0 Å². The number of aliphatic carboxylic acids is 1. The van der Waals surface area contributed by atoms with Gasteiger partial charge in [0.25, 0.3) is 0 Å². The summed E-state index contributed by atoms with van der Waals surface area (Å²) in [6.07, 6.45) is 1.93. The Bertz CT molecular complexity index is 246. The van der Waals surface area contributed by atoms with Crippen LogP contribution in [0.25, 0.3) is 0 Å². The Balaban J connectivity index is 2.66. The maximum atomic E-state index is 11.1. The maximum absolute atomic E-state index is 11.1. The van der Waals surface area contributed by atoms with Gasteiger partial charge in [0, 0.05) is 20.8 Å². The molecule has 1 fully saturated rings. The average molecular weight is 231 g/mol. The molecule has 0 aromatic heterocycles. The van der Waals surface area contributed by atoms with Crippen molar-refractivity contribution in [1.29, 1.82) is 0 Å². The highest BCUT2D eigenvalue weighted by atomic mass is 16.5. The van der Waals surface area contributed by atoms with Gasteiger partial charge < -0.3 is 14.6 Å². The van der Waals surface area contributed by atoms with Crippen molar-refractivity contribution in [2.75, 3.05) is 33.9 Å². The molecule has 1 rings (SSSR count). The molecule has 0 saturated carbocycles. The van der Waals surface area contributed by atoms with E-state index in [9.17, 15) is 4.79 Å². The molecule has 0 aliphatic carbocycles. The fourth-order valence-corrected chi connectivity index (χ4v) is 2.17. The zero-order valence-corrected chi connectivity index (χ0v) is 10.2. The highest BCUT2D eigenvalue weighted by Gasteiger charge is 2.36. The standard InChI is InChI=1S/C11H21NO4/c1-11(16-3)5-4-6-12(8-11)9(7-15-2)10(13)14/h9H,4-8H2,1-3H3,(H,13,14). The molecule has 0 spiro atoms. The molecule has 1 aliphatic heterocycles. The van der Waals surface area contributed by atoms with Gasteiger partial charge in [0.2, 0.25) is 0 Å². The highest BCUT2D eigenvalue weighted by molar-refractivity contribution is 5.73. The van der Waals surface area contributed by atoms with Crippen LogP contribution in [0, 0.1) is 0 Å². The van der Waals surface area contributed by atoms with Crippen molar-refractivity contribution >= 4 is 5.97 Å². The molecule has 2 unspecified atom stereocenters. The lowest BCUT2D eigenvalue weighted by Crippen LogP contribution is -2.54. The fourth-order valence-electron chi connectivity index (χ4n) is 2.17. The largest absolute Gasteiger partial charge is 0.480 e. The number of hydrogen-bond acceptors (Lipinski definition) is 4. The second-order valence-electron chi connectivity index (χ2n) is 4.54. The Hall–Kier alpha value is -0.650. The monoisotopic (exact) mass is 231 g/mol. The van der Waals surface area contributed by atoms with Crippen molar-refractivity contribution in [1.82, 2.24) is 4.90 Å². The van der Waals surface area contributed by atoms with Crippen molar-refractivity contribution < 1.29 is 19.4 Å². The first-order valence-electron chi connectivity index (χ1n) is 5.53. The van der Waals surface area contributed by atoms with Gasteiger partial charge in [-0.15, -0.1) is 0 Å². The Morgan fingerprint density at radius 2 is 2.25 bits per heavy atom. The molecule has 1 heterocycles. The molecular formula is C11H21NO4. The van der Waals surface area contributed by atoms with Gasteiger partial charge in [0.15, 0.2) is 0 Å². The first kappa shape index (κ1) is 13.4. The lowest BCUT2D eigenvalue weighted by atomic mass is 9.93. The van der Waals surface area contributed by atoms with E-state index < -0.39 is 12.0 Å². The van der Waals surface area contributed by atoms with Crippen LogP contribution in [-0.4, -0.2) is 61.5 Å². The number of carbonyl (C=O) groups is 1. The predicted molar refractivity (Wildman–Crippen MR) is 59.5 cm³/mol. The van der Waals surface area contributed by atoms with Crippen molar-refractivity contribution in [3.05, 3.63) is 0 Å². The van der Waals surface area contributed by atoms with E-state index in [1.165, 1.54) is 7.11 Å². The summed E-state index contributed by atoms with van der Waals surface area (Å²) in [5, 5.41) is 9.14. The predicted octanol–water partition coefficient (Wildman–Crippen LogP) is 0.587. The second kappa shape index (κ2) is 5.61. The Kier molecular flexibility index (Phi) is 4.70. The molecule has 94 valence electrons. The fraction of sp³-hybridized carbons (Fsp3) is 0.909. The third kappa shape index (κ3) is 3.17. The van der Waals surface area contributed by atoms with Gasteiger partial charge in [-0.2, -0.15) is 0 Å². The summed E-state index contributed by atoms with van der Waals surface area (Å²) in [5.41, 5.74) is -0.236. The molecule has 1 saturated heterocycles. The summed E-state index contributed by atoms with van der Waals surface area (Å²) in [6, 6.07) is -0.570. The zero-order valence-electron chi connectivity index (χ0n) is 10.2. The number of carboxylic acid groups (broad SMARTS) is 1. The SMILES string of the molecule is COCC(C(=O)O)N1CCCC(C)(OC)C1. The molecular weight excluding hydrogens is 210 g/mol. The molecule has 5 nitrogen and oxygen atoms in total. The van der Waals surface area contributed by atoms with Crippen molar-refractivity contribution in [3.63, 3.8) is 0 Å².